The third kappa shape index (κ3) is 3.84. The molecule has 1 N–H and O–H groups in total. The summed E-state index contributed by atoms with van der Waals surface area (Å²) < 4.78 is 0. The molecule has 1 aromatic heterocycles. The molecular formula is C15H19Cl2N3O. The van der Waals surface area contributed by atoms with Crippen LogP contribution in [0.4, 0.5) is 0 Å². The Kier molecular flexibility index (Phi) is 6.89. The van der Waals surface area contributed by atoms with Crippen molar-refractivity contribution in [2.75, 3.05) is 26.2 Å². The molecule has 1 fully saturated rings. The molecule has 1 amide bonds. The van der Waals surface area contributed by atoms with E-state index in [1.165, 1.54) is 0 Å². The standard InChI is InChI=1S/C15H17N3O.2ClH/c19-15(18-10-3-7-16-9-11-18)14-13-5-2-1-4-12(13)6-8-17-14;;/h1-2,4-6,8,16H,3,7,9-11H2;2*1H. The molecule has 1 aliphatic heterocycles. The highest BCUT2D eigenvalue weighted by atomic mass is 35.5. The molecule has 1 aromatic carbocycles. The maximum atomic E-state index is 12.6. The van der Waals surface area contributed by atoms with E-state index in [1.807, 2.05) is 35.2 Å². The van der Waals surface area contributed by atoms with Gasteiger partial charge in [-0.1, -0.05) is 24.3 Å². The average molecular weight is 328 g/mol. The van der Waals surface area contributed by atoms with E-state index in [9.17, 15) is 4.79 Å². The van der Waals surface area contributed by atoms with Gasteiger partial charge in [0.1, 0.15) is 5.69 Å². The van der Waals surface area contributed by atoms with Gasteiger partial charge in [-0.2, -0.15) is 0 Å². The van der Waals surface area contributed by atoms with Crippen molar-refractivity contribution in [1.82, 2.24) is 15.2 Å². The lowest BCUT2D eigenvalue weighted by Gasteiger charge is -2.20. The lowest BCUT2D eigenvalue weighted by atomic mass is 10.1. The molecule has 0 saturated carbocycles. The van der Waals surface area contributed by atoms with Gasteiger partial charge in [0.25, 0.3) is 5.91 Å². The van der Waals surface area contributed by atoms with Gasteiger partial charge >= 0.3 is 0 Å². The Morgan fingerprint density at radius 1 is 1.10 bits per heavy atom. The predicted octanol–water partition coefficient (Wildman–Crippen LogP) is 2.51. The molecule has 2 heterocycles. The van der Waals surface area contributed by atoms with Gasteiger partial charge in [0, 0.05) is 31.2 Å². The van der Waals surface area contributed by atoms with Crippen molar-refractivity contribution in [3.05, 3.63) is 42.2 Å². The predicted molar refractivity (Wildman–Crippen MR) is 89.6 cm³/mol. The Labute approximate surface area is 136 Å². The van der Waals surface area contributed by atoms with E-state index in [0.29, 0.717) is 5.69 Å². The summed E-state index contributed by atoms with van der Waals surface area (Å²) in [5.74, 6) is 0.0421. The van der Waals surface area contributed by atoms with E-state index in [-0.39, 0.29) is 30.7 Å². The second-order valence-electron chi connectivity index (χ2n) is 4.78. The maximum absolute atomic E-state index is 12.6. The number of pyridine rings is 1. The van der Waals surface area contributed by atoms with Crippen LogP contribution in [0.5, 0.6) is 0 Å². The van der Waals surface area contributed by atoms with E-state index < -0.39 is 0 Å². The van der Waals surface area contributed by atoms with E-state index in [2.05, 4.69) is 10.3 Å². The number of carbonyl (C=O) groups is 1. The Morgan fingerprint density at radius 3 is 2.76 bits per heavy atom. The van der Waals surface area contributed by atoms with Gasteiger partial charge in [-0.3, -0.25) is 9.78 Å². The number of nitrogens with zero attached hydrogens (tertiary/aromatic N) is 2. The summed E-state index contributed by atoms with van der Waals surface area (Å²) in [4.78, 5) is 18.8. The monoisotopic (exact) mass is 327 g/mol. The van der Waals surface area contributed by atoms with Crippen LogP contribution < -0.4 is 5.32 Å². The van der Waals surface area contributed by atoms with E-state index in [0.717, 1.165) is 43.4 Å². The normalized spacial score (nSPS) is 14.8. The third-order valence-electron chi connectivity index (χ3n) is 3.50. The molecule has 3 rings (SSSR count). The molecule has 0 spiro atoms. The van der Waals surface area contributed by atoms with Crippen LogP contribution >= 0.6 is 24.8 Å². The smallest absolute Gasteiger partial charge is 0.273 e. The summed E-state index contributed by atoms with van der Waals surface area (Å²) in [6, 6.07) is 9.84. The van der Waals surface area contributed by atoms with E-state index >= 15 is 0 Å². The van der Waals surface area contributed by atoms with Gasteiger partial charge in [-0.15, -0.1) is 24.8 Å². The molecule has 21 heavy (non-hydrogen) atoms. The lowest BCUT2D eigenvalue weighted by molar-refractivity contribution is 0.0762. The van der Waals surface area contributed by atoms with Gasteiger partial charge in [0.15, 0.2) is 0 Å². The third-order valence-corrected chi connectivity index (χ3v) is 3.50. The summed E-state index contributed by atoms with van der Waals surface area (Å²) in [6.45, 7) is 3.39. The van der Waals surface area contributed by atoms with Crippen molar-refractivity contribution < 1.29 is 4.79 Å². The minimum atomic E-state index is 0. The second-order valence-corrected chi connectivity index (χ2v) is 4.78. The number of nitrogens with one attached hydrogen (secondary N) is 1. The van der Waals surface area contributed by atoms with E-state index in [4.69, 9.17) is 0 Å². The molecule has 0 bridgehead atoms. The highest BCUT2D eigenvalue weighted by molar-refractivity contribution is 6.05. The van der Waals surface area contributed by atoms with Crippen LogP contribution in [0.15, 0.2) is 36.5 Å². The maximum Gasteiger partial charge on any atom is 0.273 e. The zero-order valence-corrected chi connectivity index (χ0v) is 13.3. The largest absolute Gasteiger partial charge is 0.336 e. The fraction of sp³-hybridized carbons (Fsp3) is 0.333. The highest BCUT2D eigenvalue weighted by Gasteiger charge is 2.19. The summed E-state index contributed by atoms with van der Waals surface area (Å²) in [6.07, 6.45) is 2.71. The molecular weight excluding hydrogens is 309 g/mol. The fourth-order valence-electron chi connectivity index (χ4n) is 2.49. The van der Waals surface area contributed by atoms with Crippen LogP contribution in [0, 0.1) is 0 Å². The van der Waals surface area contributed by atoms with Crippen LogP contribution in [0.2, 0.25) is 0 Å². The first kappa shape index (κ1) is 17.7. The number of fused-ring (bicyclic) bond motifs is 1. The molecule has 1 aliphatic rings. The molecule has 1 saturated heterocycles. The van der Waals surface area contributed by atoms with Crippen molar-refractivity contribution in [1.29, 1.82) is 0 Å². The van der Waals surface area contributed by atoms with Gasteiger partial charge in [-0.05, 0) is 24.4 Å². The first-order valence-electron chi connectivity index (χ1n) is 6.70. The number of rotatable bonds is 1. The van der Waals surface area contributed by atoms with Crippen LogP contribution in [-0.2, 0) is 0 Å². The highest BCUT2D eigenvalue weighted by Crippen LogP contribution is 2.18. The van der Waals surface area contributed by atoms with Gasteiger partial charge in [0.05, 0.1) is 0 Å². The van der Waals surface area contributed by atoms with Crippen molar-refractivity contribution >= 4 is 41.5 Å². The SMILES string of the molecule is Cl.Cl.O=C(c1nccc2ccccc12)N1CCCNCC1. The van der Waals surface area contributed by atoms with Gasteiger partial charge < -0.3 is 10.2 Å². The first-order valence-corrected chi connectivity index (χ1v) is 6.70. The topological polar surface area (TPSA) is 45.2 Å². The molecule has 4 nitrogen and oxygen atoms in total. The zero-order valence-electron chi connectivity index (χ0n) is 11.6. The Bertz CT molecular complexity index is 593. The number of benzene rings is 1. The van der Waals surface area contributed by atoms with Crippen LogP contribution in [0.3, 0.4) is 0 Å². The van der Waals surface area contributed by atoms with Gasteiger partial charge in [-0.25, -0.2) is 0 Å². The molecule has 6 heteroatoms. The molecule has 2 aromatic rings. The van der Waals surface area contributed by atoms with Crippen molar-refractivity contribution in [3.63, 3.8) is 0 Å². The lowest BCUT2D eigenvalue weighted by Crippen LogP contribution is -2.34. The Morgan fingerprint density at radius 2 is 1.90 bits per heavy atom. The summed E-state index contributed by atoms with van der Waals surface area (Å²) >= 11 is 0. The first-order chi connectivity index (χ1) is 9.36. The number of aromatic nitrogens is 1. The molecule has 0 radical (unpaired) electrons. The summed E-state index contributed by atoms with van der Waals surface area (Å²) in [5.41, 5.74) is 0.569. The molecule has 114 valence electrons. The molecule has 0 unspecified atom stereocenters. The summed E-state index contributed by atoms with van der Waals surface area (Å²) in [5, 5.41) is 5.31. The average Bonchev–Trinajstić information content (AvgIpc) is 2.75. The molecule has 0 aliphatic carbocycles. The number of halogens is 2. The number of hydrogen-bond acceptors (Lipinski definition) is 3. The van der Waals surface area contributed by atoms with Crippen molar-refractivity contribution in [2.24, 2.45) is 0 Å². The fourth-order valence-corrected chi connectivity index (χ4v) is 2.49. The minimum absolute atomic E-state index is 0. The molecule has 0 atom stereocenters. The number of hydrogen-bond donors (Lipinski definition) is 1. The van der Waals surface area contributed by atoms with E-state index in [1.54, 1.807) is 6.20 Å². The summed E-state index contributed by atoms with van der Waals surface area (Å²) in [7, 11) is 0. The minimum Gasteiger partial charge on any atom is -0.336 e. The Balaban J connectivity index is 0.00000110. The number of amides is 1. The van der Waals surface area contributed by atoms with Crippen LogP contribution in [0.25, 0.3) is 10.8 Å². The van der Waals surface area contributed by atoms with Crippen LogP contribution in [0.1, 0.15) is 16.9 Å². The quantitative estimate of drug-likeness (QED) is 0.875. The number of carbonyl (C=O) groups excluding carboxylic acids is 1. The zero-order chi connectivity index (χ0) is 13.1. The van der Waals surface area contributed by atoms with Gasteiger partial charge in [0.2, 0.25) is 0 Å². The Hall–Kier alpha value is -1.36. The van der Waals surface area contributed by atoms with Crippen molar-refractivity contribution in [3.8, 4) is 0 Å². The second kappa shape index (κ2) is 8.17. The van der Waals surface area contributed by atoms with Crippen molar-refractivity contribution in [2.45, 2.75) is 6.42 Å². The van der Waals surface area contributed by atoms with Crippen LogP contribution in [-0.4, -0.2) is 42.0 Å².